The fourth-order valence-electron chi connectivity index (χ4n) is 2.31. The third-order valence-corrected chi connectivity index (χ3v) is 3.29. The molecule has 1 atom stereocenters. The van der Waals surface area contributed by atoms with Gasteiger partial charge in [-0.25, -0.2) is 4.98 Å². The Hall–Kier alpha value is -1.42. The highest BCUT2D eigenvalue weighted by atomic mass is 16.3. The first-order valence-corrected chi connectivity index (χ1v) is 6.14. The van der Waals surface area contributed by atoms with Crippen molar-refractivity contribution < 1.29 is 9.90 Å². The number of pyridine rings is 1. The zero-order chi connectivity index (χ0) is 12.1. The molecule has 2 heterocycles. The highest BCUT2D eigenvalue weighted by molar-refractivity contribution is 5.74. The van der Waals surface area contributed by atoms with E-state index < -0.39 is 0 Å². The van der Waals surface area contributed by atoms with Crippen molar-refractivity contribution >= 4 is 12.1 Å². The highest BCUT2D eigenvalue weighted by Gasteiger charge is 2.21. The summed E-state index contributed by atoms with van der Waals surface area (Å²) in [6.45, 7) is 1.09. The van der Waals surface area contributed by atoms with Crippen LogP contribution >= 0.6 is 0 Å². The summed E-state index contributed by atoms with van der Waals surface area (Å²) < 4.78 is 0. The second-order valence-corrected chi connectivity index (χ2v) is 4.45. The predicted octanol–water partition coefficient (Wildman–Crippen LogP) is 1.64. The zero-order valence-corrected chi connectivity index (χ0v) is 9.88. The highest BCUT2D eigenvalue weighted by Crippen LogP contribution is 2.22. The molecule has 1 unspecified atom stereocenters. The van der Waals surface area contributed by atoms with Crippen molar-refractivity contribution in [3.8, 4) is 0 Å². The summed E-state index contributed by atoms with van der Waals surface area (Å²) in [5.41, 5.74) is 0.587. The molecule has 1 fully saturated rings. The van der Waals surface area contributed by atoms with Gasteiger partial charge in [0, 0.05) is 18.3 Å². The molecule has 0 aliphatic carbocycles. The summed E-state index contributed by atoms with van der Waals surface area (Å²) in [4.78, 5) is 17.0. The molecule has 0 radical (unpaired) electrons. The predicted molar refractivity (Wildman–Crippen MR) is 66.3 cm³/mol. The largest absolute Gasteiger partial charge is 0.394 e. The summed E-state index contributed by atoms with van der Waals surface area (Å²) in [7, 11) is 0. The molecule has 0 aromatic carbocycles. The van der Waals surface area contributed by atoms with Gasteiger partial charge in [0.25, 0.3) is 0 Å². The minimum absolute atomic E-state index is 0.159. The van der Waals surface area contributed by atoms with Gasteiger partial charge >= 0.3 is 0 Å². The first kappa shape index (κ1) is 12.0. The fourth-order valence-corrected chi connectivity index (χ4v) is 2.31. The average Bonchev–Trinajstić information content (AvgIpc) is 2.64. The van der Waals surface area contributed by atoms with E-state index in [1.165, 1.54) is 6.42 Å². The van der Waals surface area contributed by atoms with Gasteiger partial charge in [0.2, 0.25) is 0 Å². The fraction of sp³-hybridized carbons (Fsp3) is 0.538. The number of carbonyl (C=O) groups is 1. The average molecular weight is 234 g/mol. The summed E-state index contributed by atoms with van der Waals surface area (Å²) in [6, 6.07) is 3.79. The van der Waals surface area contributed by atoms with Crippen LogP contribution < -0.4 is 4.90 Å². The van der Waals surface area contributed by atoms with Gasteiger partial charge in [-0.1, -0.05) is 12.8 Å². The standard InChI is InChI=1S/C13H18N2O2/c16-9-11-5-6-13(14-8-11)15-7-3-1-2-4-12(15)10-17/h5-6,8-9,12,17H,1-4,7,10H2. The van der Waals surface area contributed by atoms with Crippen LogP contribution in [-0.4, -0.2) is 35.6 Å². The lowest BCUT2D eigenvalue weighted by atomic mass is 10.1. The molecule has 1 N–H and O–H groups in total. The Morgan fingerprint density at radius 2 is 2.29 bits per heavy atom. The minimum atomic E-state index is 0.159. The molecule has 4 heteroatoms. The van der Waals surface area contributed by atoms with Gasteiger partial charge in [-0.15, -0.1) is 0 Å². The molecule has 1 saturated heterocycles. The first-order valence-electron chi connectivity index (χ1n) is 6.14. The van der Waals surface area contributed by atoms with Gasteiger partial charge in [-0.3, -0.25) is 4.79 Å². The van der Waals surface area contributed by atoms with Gasteiger partial charge in [0.05, 0.1) is 12.6 Å². The molecule has 17 heavy (non-hydrogen) atoms. The van der Waals surface area contributed by atoms with Crippen molar-refractivity contribution in [1.29, 1.82) is 0 Å². The molecule has 0 bridgehead atoms. The number of aromatic nitrogens is 1. The molecule has 0 saturated carbocycles. The van der Waals surface area contributed by atoms with Crippen molar-refractivity contribution in [2.75, 3.05) is 18.1 Å². The quantitative estimate of drug-likeness (QED) is 0.808. The molecule has 0 spiro atoms. The Balaban J connectivity index is 2.18. The number of nitrogens with zero attached hydrogens (tertiary/aromatic N) is 2. The lowest BCUT2D eigenvalue weighted by molar-refractivity contribution is 0.112. The molecule has 0 amide bonds. The van der Waals surface area contributed by atoms with Crippen molar-refractivity contribution in [2.45, 2.75) is 31.7 Å². The van der Waals surface area contributed by atoms with Crippen LogP contribution in [0.25, 0.3) is 0 Å². The van der Waals surface area contributed by atoms with Gasteiger partial charge in [-0.2, -0.15) is 0 Å². The Kier molecular flexibility index (Phi) is 4.09. The van der Waals surface area contributed by atoms with E-state index >= 15 is 0 Å². The van der Waals surface area contributed by atoms with Crippen LogP contribution in [0.15, 0.2) is 18.3 Å². The Labute approximate surface area is 101 Å². The number of hydrogen-bond acceptors (Lipinski definition) is 4. The van der Waals surface area contributed by atoms with E-state index in [4.69, 9.17) is 0 Å². The Bertz CT molecular complexity index is 364. The Morgan fingerprint density at radius 3 is 2.94 bits per heavy atom. The van der Waals surface area contributed by atoms with Crippen LogP contribution in [0.3, 0.4) is 0 Å². The van der Waals surface area contributed by atoms with Crippen molar-refractivity contribution in [1.82, 2.24) is 4.98 Å². The third-order valence-electron chi connectivity index (χ3n) is 3.29. The van der Waals surface area contributed by atoms with E-state index in [2.05, 4.69) is 9.88 Å². The molecule has 1 aromatic heterocycles. The lowest BCUT2D eigenvalue weighted by Gasteiger charge is -2.29. The van der Waals surface area contributed by atoms with Gasteiger partial charge in [0.1, 0.15) is 5.82 Å². The van der Waals surface area contributed by atoms with E-state index in [0.717, 1.165) is 37.9 Å². The van der Waals surface area contributed by atoms with Gasteiger partial charge in [0.15, 0.2) is 6.29 Å². The van der Waals surface area contributed by atoms with Crippen LogP contribution in [-0.2, 0) is 0 Å². The van der Waals surface area contributed by atoms with Crippen molar-refractivity contribution in [2.24, 2.45) is 0 Å². The topological polar surface area (TPSA) is 53.4 Å². The van der Waals surface area contributed by atoms with Gasteiger partial charge in [-0.05, 0) is 25.0 Å². The summed E-state index contributed by atoms with van der Waals surface area (Å²) in [6.07, 6.45) is 6.89. The number of carbonyl (C=O) groups excluding carboxylic acids is 1. The lowest BCUT2D eigenvalue weighted by Crippen LogP contribution is -2.38. The molecule has 4 nitrogen and oxygen atoms in total. The maximum Gasteiger partial charge on any atom is 0.151 e. The summed E-state index contributed by atoms with van der Waals surface area (Å²) >= 11 is 0. The van der Waals surface area contributed by atoms with Crippen LogP contribution in [0, 0.1) is 0 Å². The number of anilines is 1. The summed E-state index contributed by atoms with van der Waals surface area (Å²) in [5, 5.41) is 9.42. The molecular weight excluding hydrogens is 216 g/mol. The molecule has 1 aliphatic rings. The monoisotopic (exact) mass is 234 g/mol. The van der Waals surface area contributed by atoms with Gasteiger partial charge < -0.3 is 10.0 Å². The van der Waals surface area contributed by atoms with E-state index in [1.807, 2.05) is 6.07 Å². The molecule has 1 aliphatic heterocycles. The SMILES string of the molecule is O=Cc1ccc(N2CCCCCC2CO)nc1. The molecule has 1 aromatic rings. The second kappa shape index (κ2) is 5.77. The van der Waals surface area contributed by atoms with Crippen LogP contribution in [0.1, 0.15) is 36.0 Å². The van der Waals surface area contributed by atoms with Crippen LogP contribution in [0.4, 0.5) is 5.82 Å². The number of hydrogen-bond donors (Lipinski definition) is 1. The molecular formula is C13H18N2O2. The van der Waals surface area contributed by atoms with Crippen molar-refractivity contribution in [3.05, 3.63) is 23.9 Å². The van der Waals surface area contributed by atoms with E-state index in [-0.39, 0.29) is 12.6 Å². The first-order chi connectivity index (χ1) is 8.35. The molecule has 2 rings (SSSR count). The Morgan fingerprint density at radius 1 is 1.41 bits per heavy atom. The number of aldehydes is 1. The third kappa shape index (κ3) is 2.82. The van der Waals surface area contributed by atoms with Crippen LogP contribution in [0.2, 0.25) is 0 Å². The molecule has 92 valence electrons. The van der Waals surface area contributed by atoms with E-state index in [0.29, 0.717) is 5.56 Å². The smallest absolute Gasteiger partial charge is 0.151 e. The van der Waals surface area contributed by atoms with Crippen LogP contribution in [0.5, 0.6) is 0 Å². The number of aliphatic hydroxyl groups is 1. The maximum absolute atomic E-state index is 10.6. The van der Waals surface area contributed by atoms with Crippen molar-refractivity contribution in [3.63, 3.8) is 0 Å². The number of aliphatic hydroxyl groups excluding tert-OH is 1. The zero-order valence-electron chi connectivity index (χ0n) is 9.88. The number of rotatable bonds is 3. The minimum Gasteiger partial charge on any atom is -0.394 e. The van der Waals surface area contributed by atoms with E-state index in [1.54, 1.807) is 12.3 Å². The normalized spacial score (nSPS) is 21.0. The van der Waals surface area contributed by atoms with E-state index in [9.17, 15) is 9.90 Å². The second-order valence-electron chi connectivity index (χ2n) is 4.45. The summed E-state index contributed by atoms with van der Waals surface area (Å²) in [5.74, 6) is 0.858. The maximum atomic E-state index is 10.6.